The van der Waals surface area contributed by atoms with Crippen molar-refractivity contribution in [2.24, 2.45) is 0 Å². The van der Waals surface area contributed by atoms with Gasteiger partial charge in [0.25, 0.3) is 0 Å². The highest BCUT2D eigenvalue weighted by Gasteiger charge is 2.12. The van der Waals surface area contributed by atoms with Crippen LogP contribution in [0, 0.1) is 11.7 Å². The van der Waals surface area contributed by atoms with Crippen LogP contribution in [0.2, 0.25) is 0 Å². The van der Waals surface area contributed by atoms with E-state index < -0.39 is 0 Å². The summed E-state index contributed by atoms with van der Waals surface area (Å²) in [4.78, 5) is 12.4. The van der Waals surface area contributed by atoms with Gasteiger partial charge in [0.1, 0.15) is 0 Å². The number of anilines is 1. The third kappa shape index (κ3) is 4.40. The van der Waals surface area contributed by atoms with Crippen LogP contribution in [0.3, 0.4) is 0 Å². The number of amides is 1. The van der Waals surface area contributed by atoms with Crippen molar-refractivity contribution >= 4 is 23.8 Å². The van der Waals surface area contributed by atoms with E-state index >= 15 is 0 Å². The Bertz CT molecular complexity index is 1020. The Morgan fingerprint density at radius 1 is 1.14 bits per heavy atom. The van der Waals surface area contributed by atoms with Crippen molar-refractivity contribution in [2.45, 2.75) is 19.9 Å². The van der Waals surface area contributed by atoms with E-state index in [1.165, 1.54) is 5.56 Å². The van der Waals surface area contributed by atoms with Crippen molar-refractivity contribution in [3.63, 3.8) is 0 Å². The van der Waals surface area contributed by atoms with Crippen LogP contribution in [0.1, 0.15) is 12.0 Å². The van der Waals surface area contributed by atoms with Crippen LogP contribution in [-0.2, 0) is 11.3 Å². The zero-order valence-corrected chi connectivity index (χ0v) is 16.8. The lowest BCUT2D eigenvalue weighted by molar-refractivity contribution is -0.116. The maximum absolute atomic E-state index is 12.4. The highest BCUT2D eigenvalue weighted by molar-refractivity contribution is 7.71. The van der Waals surface area contributed by atoms with Crippen molar-refractivity contribution in [2.75, 3.05) is 19.5 Å². The first-order chi connectivity index (χ1) is 13.5. The van der Waals surface area contributed by atoms with Gasteiger partial charge in [0.2, 0.25) is 5.91 Å². The maximum Gasteiger partial charge on any atom is 0.226 e. The largest absolute Gasteiger partial charge is 0.493 e. The minimum Gasteiger partial charge on any atom is -0.493 e. The van der Waals surface area contributed by atoms with E-state index in [1.807, 2.05) is 35.8 Å². The summed E-state index contributed by atoms with van der Waals surface area (Å²) >= 11 is 5.32. The molecular formula is C20H22N4O3S. The molecule has 1 amide bonds. The lowest BCUT2D eigenvalue weighted by Crippen LogP contribution is -2.15. The Morgan fingerprint density at radius 2 is 1.86 bits per heavy atom. The normalized spacial score (nSPS) is 10.5. The van der Waals surface area contributed by atoms with Gasteiger partial charge in [-0.25, -0.2) is 0 Å². The van der Waals surface area contributed by atoms with E-state index in [2.05, 4.69) is 15.5 Å². The summed E-state index contributed by atoms with van der Waals surface area (Å²) in [5.41, 5.74) is 2.74. The van der Waals surface area contributed by atoms with E-state index in [0.29, 0.717) is 34.3 Å². The second-order valence-electron chi connectivity index (χ2n) is 6.24. The number of aryl methyl sites for hydroxylation is 1. The lowest BCUT2D eigenvalue weighted by Gasteiger charge is -2.11. The molecule has 1 aromatic heterocycles. The van der Waals surface area contributed by atoms with Gasteiger partial charge in [-0.15, -0.1) is 0 Å². The van der Waals surface area contributed by atoms with E-state index in [9.17, 15) is 4.79 Å². The molecule has 0 aliphatic heterocycles. The fourth-order valence-electron chi connectivity index (χ4n) is 2.80. The third-order valence-electron chi connectivity index (χ3n) is 4.30. The minimum atomic E-state index is -0.134. The summed E-state index contributed by atoms with van der Waals surface area (Å²) in [6.07, 6.45) is 0.251. The molecule has 3 rings (SSSR count). The highest BCUT2D eigenvalue weighted by atomic mass is 32.1. The number of hydrogen-bond acceptors (Lipinski definition) is 5. The molecule has 0 unspecified atom stereocenters. The number of benzene rings is 2. The van der Waals surface area contributed by atoms with Crippen LogP contribution >= 0.6 is 12.2 Å². The van der Waals surface area contributed by atoms with Crippen LogP contribution in [0.4, 0.5) is 5.69 Å². The first-order valence-corrected chi connectivity index (χ1v) is 9.16. The fraction of sp³-hybridized carbons (Fsp3) is 0.250. The van der Waals surface area contributed by atoms with Gasteiger partial charge >= 0.3 is 0 Å². The van der Waals surface area contributed by atoms with Gasteiger partial charge in [-0.1, -0.05) is 29.8 Å². The molecule has 0 aliphatic carbocycles. The molecule has 0 saturated carbocycles. The summed E-state index contributed by atoms with van der Waals surface area (Å²) in [7, 11) is 3.12. The molecule has 0 spiro atoms. The average molecular weight is 398 g/mol. The number of nitrogens with one attached hydrogen (secondary N) is 2. The highest BCUT2D eigenvalue weighted by Crippen LogP contribution is 2.29. The van der Waals surface area contributed by atoms with Crippen LogP contribution in [0.25, 0.3) is 11.4 Å². The number of rotatable bonds is 7. The molecule has 2 N–H and O–H groups in total. The Morgan fingerprint density at radius 3 is 2.54 bits per heavy atom. The first kappa shape index (κ1) is 19.6. The van der Waals surface area contributed by atoms with Gasteiger partial charge in [-0.3, -0.25) is 14.5 Å². The number of methoxy groups -OCH3 is 2. The average Bonchev–Trinajstić information content (AvgIpc) is 3.07. The van der Waals surface area contributed by atoms with Crippen LogP contribution in [0.5, 0.6) is 11.5 Å². The molecule has 7 nitrogen and oxygen atoms in total. The van der Waals surface area contributed by atoms with Gasteiger partial charge in [-0.2, -0.15) is 5.10 Å². The number of carbonyl (C=O) groups excluding carboxylic acids is 1. The minimum absolute atomic E-state index is 0.134. The number of ether oxygens (including phenoxy) is 2. The fourth-order valence-corrected chi connectivity index (χ4v) is 3.02. The zero-order chi connectivity index (χ0) is 20.1. The molecule has 0 aliphatic rings. The van der Waals surface area contributed by atoms with Gasteiger partial charge in [0, 0.05) is 30.3 Å². The Labute approximate surface area is 168 Å². The Kier molecular flexibility index (Phi) is 6.10. The zero-order valence-electron chi connectivity index (χ0n) is 16.0. The summed E-state index contributed by atoms with van der Waals surface area (Å²) < 4.78 is 12.8. The van der Waals surface area contributed by atoms with Crippen LogP contribution in [0.15, 0.2) is 42.5 Å². The van der Waals surface area contributed by atoms with Crippen molar-refractivity contribution in [1.29, 1.82) is 0 Å². The molecule has 146 valence electrons. The number of carbonyl (C=O) groups is 1. The number of aromatic amines is 1. The second kappa shape index (κ2) is 8.71. The molecule has 28 heavy (non-hydrogen) atoms. The van der Waals surface area contributed by atoms with E-state index in [0.717, 1.165) is 5.56 Å². The number of hydrogen-bond donors (Lipinski definition) is 2. The molecular weight excluding hydrogens is 376 g/mol. The summed E-state index contributed by atoms with van der Waals surface area (Å²) in [6, 6.07) is 13.2. The van der Waals surface area contributed by atoms with Crippen LogP contribution < -0.4 is 14.8 Å². The maximum atomic E-state index is 12.4. The number of nitrogens with zero attached hydrogens (tertiary/aromatic N) is 2. The van der Waals surface area contributed by atoms with Crippen molar-refractivity contribution < 1.29 is 14.3 Å². The SMILES string of the molecule is COc1ccc(NC(=O)CCn2c(-c3ccc(C)cc3)n[nH]c2=S)cc1OC. The van der Waals surface area contributed by atoms with E-state index in [-0.39, 0.29) is 12.3 Å². The first-order valence-electron chi connectivity index (χ1n) is 8.76. The van der Waals surface area contributed by atoms with Crippen molar-refractivity contribution in [1.82, 2.24) is 14.8 Å². The predicted octanol–water partition coefficient (Wildman–Crippen LogP) is 3.96. The number of H-pyrrole nitrogens is 1. The van der Waals surface area contributed by atoms with Gasteiger partial charge < -0.3 is 14.8 Å². The van der Waals surface area contributed by atoms with Gasteiger partial charge in [-0.05, 0) is 31.3 Å². The van der Waals surface area contributed by atoms with Gasteiger partial charge in [0.15, 0.2) is 22.1 Å². The molecule has 1 heterocycles. The van der Waals surface area contributed by atoms with E-state index in [4.69, 9.17) is 21.7 Å². The lowest BCUT2D eigenvalue weighted by atomic mass is 10.1. The van der Waals surface area contributed by atoms with Crippen molar-refractivity contribution in [3.05, 3.63) is 52.8 Å². The third-order valence-corrected chi connectivity index (χ3v) is 4.61. The molecule has 0 saturated heterocycles. The second-order valence-corrected chi connectivity index (χ2v) is 6.62. The number of aromatic nitrogens is 3. The standard InChI is InChI=1S/C20H22N4O3S/c1-13-4-6-14(7-5-13)19-22-23-20(28)24(19)11-10-18(25)21-15-8-9-16(26-2)17(12-15)27-3/h4-9,12H,10-11H2,1-3H3,(H,21,25)(H,23,28). The summed E-state index contributed by atoms with van der Waals surface area (Å²) in [5, 5.41) is 9.97. The van der Waals surface area contributed by atoms with E-state index in [1.54, 1.807) is 32.4 Å². The molecule has 0 atom stereocenters. The Hall–Kier alpha value is -3.13. The van der Waals surface area contributed by atoms with Crippen molar-refractivity contribution in [3.8, 4) is 22.9 Å². The molecule has 3 aromatic rings. The smallest absolute Gasteiger partial charge is 0.226 e. The Balaban J connectivity index is 1.69. The molecule has 8 heteroatoms. The van der Waals surface area contributed by atoms with Crippen LogP contribution in [-0.4, -0.2) is 34.9 Å². The van der Waals surface area contributed by atoms with Gasteiger partial charge in [0.05, 0.1) is 14.2 Å². The molecule has 0 bridgehead atoms. The summed E-state index contributed by atoms with van der Waals surface area (Å²) in [6.45, 7) is 2.44. The molecule has 0 radical (unpaired) electrons. The summed E-state index contributed by atoms with van der Waals surface area (Å²) in [5.74, 6) is 1.74. The molecule has 0 fully saturated rings. The molecule has 2 aromatic carbocycles. The topological polar surface area (TPSA) is 81.2 Å². The predicted molar refractivity (Wildman–Crippen MR) is 110 cm³/mol. The quantitative estimate of drug-likeness (QED) is 0.589. The monoisotopic (exact) mass is 398 g/mol.